The van der Waals surface area contributed by atoms with Crippen LogP contribution in [0.25, 0.3) is 0 Å². The molecule has 0 aliphatic rings. The maximum atomic E-state index is 12.1. The zero-order valence-corrected chi connectivity index (χ0v) is 12.2. The number of nitrogens with zero attached hydrogens (tertiary/aromatic N) is 1. The molecule has 0 saturated heterocycles. The average molecular weight is 286 g/mol. The number of amides is 1. The van der Waals surface area contributed by atoms with Crippen LogP contribution in [-0.2, 0) is 11.8 Å². The summed E-state index contributed by atoms with van der Waals surface area (Å²) in [5.41, 5.74) is 0.542. The molecule has 0 spiro atoms. The summed E-state index contributed by atoms with van der Waals surface area (Å²) in [6.45, 7) is 5.28. The van der Waals surface area contributed by atoms with Crippen molar-refractivity contribution in [2.24, 2.45) is 13.0 Å². The van der Waals surface area contributed by atoms with Crippen molar-refractivity contribution in [3.63, 3.8) is 0 Å². The van der Waals surface area contributed by atoms with E-state index < -0.39 is 17.9 Å². The number of aromatic nitrogens is 1. The first-order valence-corrected chi connectivity index (χ1v) is 6.81. The van der Waals surface area contributed by atoms with E-state index in [1.54, 1.807) is 20.9 Å². The molecule has 0 aliphatic heterocycles. The van der Waals surface area contributed by atoms with Crippen LogP contribution in [0, 0.1) is 12.8 Å². The summed E-state index contributed by atoms with van der Waals surface area (Å²) in [5, 5.41) is 11.6. The monoisotopic (exact) mass is 286 g/mol. The predicted molar refractivity (Wildman–Crippen MR) is 72.6 cm³/mol. The molecule has 2 atom stereocenters. The molecule has 1 aromatic heterocycles. The van der Waals surface area contributed by atoms with Gasteiger partial charge in [-0.1, -0.05) is 31.6 Å². The normalized spacial score (nSPS) is 13.9. The molecule has 0 bridgehead atoms. The minimum Gasteiger partial charge on any atom is -0.480 e. The van der Waals surface area contributed by atoms with E-state index in [1.165, 1.54) is 4.57 Å². The molecule has 6 nitrogen and oxygen atoms in total. The third-order valence-electron chi connectivity index (χ3n) is 3.27. The van der Waals surface area contributed by atoms with Gasteiger partial charge in [0.15, 0.2) is 0 Å². The largest absolute Gasteiger partial charge is 0.480 e. The average Bonchev–Trinajstić information content (AvgIpc) is 2.62. The Bertz CT molecular complexity index is 546. The number of hydrogen-bond acceptors (Lipinski definition) is 4. The van der Waals surface area contributed by atoms with E-state index in [0.29, 0.717) is 12.1 Å². The quantitative estimate of drug-likeness (QED) is 0.844. The van der Waals surface area contributed by atoms with Crippen LogP contribution in [0.1, 0.15) is 35.6 Å². The van der Waals surface area contributed by atoms with Gasteiger partial charge >= 0.3 is 10.8 Å². The summed E-state index contributed by atoms with van der Waals surface area (Å²) in [6, 6.07) is -0.945. The number of carboxylic acid groups (broad SMARTS) is 1. The zero-order valence-electron chi connectivity index (χ0n) is 11.4. The van der Waals surface area contributed by atoms with E-state index >= 15 is 0 Å². The summed E-state index contributed by atoms with van der Waals surface area (Å²) < 4.78 is 1.37. The molecule has 0 fully saturated rings. The van der Waals surface area contributed by atoms with Gasteiger partial charge in [0.1, 0.15) is 10.9 Å². The molecule has 2 unspecified atom stereocenters. The molecule has 1 heterocycles. The number of carbonyl (C=O) groups is 2. The van der Waals surface area contributed by atoms with E-state index in [0.717, 1.165) is 11.3 Å². The minimum absolute atomic E-state index is 0.179. The summed E-state index contributed by atoms with van der Waals surface area (Å²) >= 11 is 0.825. The second kappa shape index (κ2) is 6.01. The van der Waals surface area contributed by atoms with Crippen LogP contribution in [0.4, 0.5) is 0 Å². The Balaban J connectivity index is 2.97. The standard InChI is InChI=1S/C12H18N2O4S/c1-5-6(2)8(11(16)17)13-10(15)9-7(3)14(4)12(18)19-9/h6,8H,5H2,1-4H3,(H,13,15)(H,16,17). The van der Waals surface area contributed by atoms with Crippen LogP contribution < -0.4 is 10.2 Å². The molecule has 1 aromatic rings. The highest BCUT2D eigenvalue weighted by molar-refractivity contribution is 7.11. The number of hydrogen-bond donors (Lipinski definition) is 2. The number of nitrogens with one attached hydrogen (secondary N) is 1. The number of carboxylic acids is 1. The fourth-order valence-electron chi connectivity index (χ4n) is 1.62. The van der Waals surface area contributed by atoms with Crippen LogP contribution >= 0.6 is 11.3 Å². The Hall–Kier alpha value is -1.63. The Morgan fingerprint density at radius 3 is 2.42 bits per heavy atom. The molecule has 1 rings (SSSR count). The molecular weight excluding hydrogens is 268 g/mol. The van der Waals surface area contributed by atoms with Gasteiger partial charge in [0.2, 0.25) is 0 Å². The fraction of sp³-hybridized carbons (Fsp3) is 0.583. The Morgan fingerprint density at radius 1 is 1.47 bits per heavy atom. The molecular formula is C12H18N2O4S. The lowest BCUT2D eigenvalue weighted by Gasteiger charge is -2.19. The maximum Gasteiger partial charge on any atom is 0.326 e. The SMILES string of the molecule is CCC(C)C(NC(=O)c1sc(=O)n(C)c1C)C(=O)O. The van der Waals surface area contributed by atoms with Gasteiger partial charge in [-0.05, 0) is 12.8 Å². The first-order valence-electron chi connectivity index (χ1n) is 5.99. The van der Waals surface area contributed by atoms with Gasteiger partial charge < -0.3 is 15.0 Å². The predicted octanol–water partition coefficient (Wildman–Crippen LogP) is 0.984. The molecule has 2 N–H and O–H groups in total. The number of carbonyl (C=O) groups excluding carboxylic acids is 1. The Kier molecular flexibility index (Phi) is 4.88. The number of thiazole rings is 1. The Labute approximate surface area is 115 Å². The van der Waals surface area contributed by atoms with Crippen molar-refractivity contribution in [1.29, 1.82) is 0 Å². The maximum absolute atomic E-state index is 12.1. The van der Waals surface area contributed by atoms with Crippen molar-refractivity contribution in [1.82, 2.24) is 9.88 Å². The van der Waals surface area contributed by atoms with Crippen LogP contribution in [-0.4, -0.2) is 27.6 Å². The summed E-state index contributed by atoms with van der Waals surface area (Å²) in [7, 11) is 1.58. The molecule has 0 aromatic carbocycles. The third-order valence-corrected chi connectivity index (χ3v) is 4.40. The lowest BCUT2D eigenvalue weighted by atomic mass is 9.99. The topological polar surface area (TPSA) is 88.4 Å². The van der Waals surface area contributed by atoms with Gasteiger partial charge in [-0.2, -0.15) is 0 Å². The number of rotatable bonds is 5. The second-order valence-corrected chi connectivity index (χ2v) is 5.48. The van der Waals surface area contributed by atoms with Crippen molar-refractivity contribution in [3.05, 3.63) is 20.2 Å². The van der Waals surface area contributed by atoms with Crippen molar-refractivity contribution >= 4 is 23.2 Å². The van der Waals surface area contributed by atoms with Gasteiger partial charge in [-0.25, -0.2) is 4.79 Å². The highest BCUT2D eigenvalue weighted by atomic mass is 32.1. The molecule has 106 valence electrons. The summed E-state index contributed by atoms with van der Waals surface area (Å²) in [5.74, 6) is -1.75. The third kappa shape index (κ3) is 3.23. The first kappa shape index (κ1) is 15.4. The molecule has 1 amide bonds. The van der Waals surface area contributed by atoms with E-state index in [1.807, 2.05) is 6.92 Å². The second-order valence-electron chi connectivity index (χ2n) is 4.52. The minimum atomic E-state index is -1.07. The first-order chi connectivity index (χ1) is 8.79. The van der Waals surface area contributed by atoms with Crippen molar-refractivity contribution in [2.45, 2.75) is 33.2 Å². The van der Waals surface area contributed by atoms with Crippen molar-refractivity contribution < 1.29 is 14.7 Å². The van der Waals surface area contributed by atoms with Gasteiger partial charge in [0.25, 0.3) is 5.91 Å². The fourth-order valence-corrected chi connectivity index (χ4v) is 2.50. The van der Waals surface area contributed by atoms with Crippen LogP contribution in [0.2, 0.25) is 0 Å². The summed E-state index contributed by atoms with van der Waals surface area (Å²) in [6.07, 6.45) is 0.640. The van der Waals surface area contributed by atoms with Crippen molar-refractivity contribution in [2.75, 3.05) is 0 Å². The van der Waals surface area contributed by atoms with Crippen LogP contribution in [0.3, 0.4) is 0 Å². The lowest BCUT2D eigenvalue weighted by molar-refractivity contribution is -0.140. The smallest absolute Gasteiger partial charge is 0.326 e. The molecule has 0 aliphatic carbocycles. The van der Waals surface area contributed by atoms with E-state index in [2.05, 4.69) is 5.32 Å². The highest BCUT2D eigenvalue weighted by Gasteiger charge is 2.27. The summed E-state index contributed by atoms with van der Waals surface area (Å²) in [4.78, 5) is 34.7. The van der Waals surface area contributed by atoms with E-state index in [-0.39, 0.29) is 15.7 Å². The molecule has 19 heavy (non-hydrogen) atoms. The lowest BCUT2D eigenvalue weighted by Crippen LogP contribution is -2.45. The van der Waals surface area contributed by atoms with E-state index in [4.69, 9.17) is 5.11 Å². The van der Waals surface area contributed by atoms with Gasteiger partial charge in [-0.15, -0.1) is 0 Å². The van der Waals surface area contributed by atoms with Crippen LogP contribution in [0.15, 0.2) is 4.79 Å². The zero-order chi connectivity index (χ0) is 14.7. The van der Waals surface area contributed by atoms with Gasteiger partial charge in [-0.3, -0.25) is 9.59 Å². The van der Waals surface area contributed by atoms with Gasteiger partial charge in [0, 0.05) is 12.7 Å². The molecule has 0 radical (unpaired) electrons. The Morgan fingerprint density at radius 2 is 2.05 bits per heavy atom. The van der Waals surface area contributed by atoms with Crippen molar-refractivity contribution in [3.8, 4) is 0 Å². The van der Waals surface area contributed by atoms with E-state index in [9.17, 15) is 14.4 Å². The number of aliphatic carboxylic acids is 1. The highest BCUT2D eigenvalue weighted by Crippen LogP contribution is 2.13. The van der Waals surface area contributed by atoms with Crippen LogP contribution in [0.5, 0.6) is 0 Å². The molecule has 0 saturated carbocycles. The molecule has 7 heteroatoms. The van der Waals surface area contributed by atoms with Gasteiger partial charge in [0.05, 0.1) is 0 Å².